The Morgan fingerprint density at radius 2 is 1.90 bits per heavy atom. The van der Waals surface area contributed by atoms with E-state index in [0.29, 0.717) is 12.6 Å². The Hall–Kier alpha value is -0.320. The molecule has 0 spiro atoms. The molecule has 2 fully saturated rings. The third-order valence-corrected chi connectivity index (χ3v) is 4.59. The summed E-state index contributed by atoms with van der Waals surface area (Å²) in [4.78, 5) is 14.3. The molecule has 2 aliphatic rings. The van der Waals surface area contributed by atoms with E-state index < -0.39 is 0 Å². The number of nitrogens with one attached hydrogen (secondary N) is 2. The number of nitrogens with zero attached hydrogens (tertiary/aromatic N) is 1. The van der Waals surface area contributed by atoms with E-state index in [2.05, 4.69) is 15.5 Å². The van der Waals surface area contributed by atoms with Gasteiger partial charge in [0.15, 0.2) is 0 Å². The van der Waals surface area contributed by atoms with Gasteiger partial charge in [-0.1, -0.05) is 19.3 Å². The van der Waals surface area contributed by atoms with Crippen LogP contribution in [0, 0.1) is 5.92 Å². The van der Waals surface area contributed by atoms with Crippen molar-refractivity contribution in [1.29, 1.82) is 0 Å². The van der Waals surface area contributed by atoms with Crippen LogP contribution in [0.4, 0.5) is 0 Å². The monoisotopic (exact) mass is 303 g/mol. The fourth-order valence-electron chi connectivity index (χ4n) is 3.34. The van der Waals surface area contributed by atoms with Crippen molar-refractivity contribution in [2.24, 2.45) is 5.92 Å². The summed E-state index contributed by atoms with van der Waals surface area (Å²) in [6.45, 7) is 3.54. The Balaban J connectivity index is 0.00000200. The highest BCUT2D eigenvalue weighted by Gasteiger charge is 2.20. The molecule has 0 bridgehead atoms. The number of carbonyl (C=O) groups excluding carboxylic acids is 1. The molecule has 1 atom stereocenters. The molecule has 1 saturated heterocycles. The second-order valence-electron chi connectivity index (χ2n) is 6.17. The fourth-order valence-corrected chi connectivity index (χ4v) is 3.34. The van der Waals surface area contributed by atoms with Crippen LogP contribution in [-0.2, 0) is 4.79 Å². The summed E-state index contributed by atoms with van der Waals surface area (Å²) in [6.07, 6.45) is 9.09. The zero-order chi connectivity index (χ0) is 13.5. The minimum absolute atomic E-state index is 0. The molecule has 118 valence electrons. The standard InChI is InChI=1S/C15H29N3O.ClH/c1-16-14-8-5-9-18(11-14)12-15(19)17-10-13-6-3-2-4-7-13;/h13-14,16H,2-12H2,1H3,(H,17,19);1H. The normalized spacial score (nSPS) is 24.9. The first kappa shape index (κ1) is 17.7. The molecule has 1 aliphatic heterocycles. The van der Waals surface area contributed by atoms with Crippen LogP contribution in [0.15, 0.2) is 0 Å². The quantitative estimate of drug-likeness (QED) is 0.814. The highest BCUT2D eigenvalue weighted by Crippen LogP contribution is 2.22. The summed E-state index contributed by atoms with van der Waals surface area (Å²) in [7, 11) is 2.01. The number of piperidine rings is 1. The average Bonchev–Trinajstić information content (AvgIpc) is 2.46. The summed E-state index contributed by atoms with van der Waals surface area (Å²) >= 11 is 0. The van der Waals surface area contributed by atoms with Gasteiger partial charge in [0.1, 0.15) is 0 Å². The SMILES string of the molecule is CNC1CCCN(CC(=O)NCC2CCCCC2)C1.Cl. The number of halogens is 1. The summed E-state index contributed by atoms with van der Waals surface area (Å²) in [5, 5.41) is 6.45. The van der Waals surface area contributed by atoms with Crippen molar-refractivity contribution in [3.05, 3.63) is 0 Å². The van der Waals surface area contributed by atoms with E-state index in [0.717, 1.165) is 25.6 Å². The van der Waals surface area contributed by atoms with Crippen molar-refractivity contribution in [1.82, 2.24) is 15.5 Å². The van der Waals surface area contributed by atoms with Gasteiger partial charge in [-0.2, -0.15) is 0 Å². The third-order valence-electron chi connectivity index (χ3n) is 4.59. The fraction of sp³-hybridized carbons (Fsp3) is 0.933. The molecule has 1 amide bonds. The first-order valence-electron chi connectivity index (χ1n) is 7.94. The Bertz CT molecular complexity index is 282. The molecule has 20 heavy (non-hydrogen) atoms. The van der Waals surface area contributed by atoms with Crippen molar-refractivity contribution < 1.29 is 4.79 Å². The van der Waals surface area contributed by atoms with E-state index in [4.69, 9.17) is 0 Å². The van der Waals surface area contributed by atoms with Gasteiger partial charge in [0.2, 0.25) is 5.91 Å². The first-order chi connectivity index (χ1) is 9.28. The molecule has 0 aromatic carbocycles. The Morgan fingerprint density at radius 1 is 1.15 bits per heavy atom. The van der Waals surface area contributed by atoms with Crippen LogP contribution in [0.2, 0.25) is 0 Å². The van der Waals surface area contributed by atoms with Gasteiger partial charge in [0.25, 0.3) is 0 Å². The number of rotatable bonds is 5. The van der Waals surface area contributed by atoms with Gasteiger partial charge >= 0.3 is 0 Å². The lowest BCUT2D eigenvalue weighted by atomic mass is 9.89. The maximum absolute atomic E-state index is 12.0. The molecular formula is C15H30ClN3O. The van der Waals surface area contributed by atoms with Crippen LogP contribution in [0.5, 0.6) is 0 Å². The molecule has 1 saturated carbocycles. The predicted molar refractivity (Wildman–Crippen MR) is 85.4 cm³/mol. The molecular weight excluding hydrogens is 274 g/mol. The Kier molecular flexibility index (Phi) is 8.50. The highest BCUT2D eigenvalue weighted by molar-refractivity contribution is 5.85. The van der Waals surface area contributed by atoms with Crippen molar-refractivity contribution >= 4 is 18.3 Å². The molecule has 1 aliphatic carbocycles. The summed E-state index contributed by atoms with van der Waals surface area (Å²) in [6, 6.07) is 0.555. The number of likely N-dealkylation sites (tertiary alicyclic amines) is 1. The van der Waals surface area contributed by atoms with Crippen LogP contribution < -0.4 is 10.6 Å². The largest absolute Gasteiger partial charge is 0.355 e. The zero-order valence-electron chi connectivity index (χ0n) is 12.7. The van der Waals surface area contributed by atoms with Gasteiger partial charge in [-0.05, 0) is 45.2 Å². The van der Waals surface area contributed by atoms with Crippen molar-refractivity contribution in [2.75, 3.05) is 33.2 Å². The second-order valence-corrected chi connectivity index (χ2v) is 6.17. The first-order valence-corrected chi connectivity index (χ1v) is 7.94. The van der Waals surface area contributed by atoms with Crippen LogP contribution in [-0.4, -0.2) is 50.1 Å². The van der Waals surface area contributed by atoms with Crippen LogP contribution in [0.25, 0.3) is 0 Å². The molecule has 4 nitrogen and oxygen atoms in total. The zero-order valence-corrected chi connectivity index (χ0v) is 13.5. The van der Waals surface area contributed by atoms with Crippen molar-refractivity contribution in [2.45, 2.75) is 51.0 Å². The van der Waals surface area contributed by atoms with Crippen LogP contribution in [0.1, 0.15) is 44.9 Å². The second kappa shape index (κ2) is 9.59. The van der Waals surface area contributed by atoms with E-state index in [1.165, 1.54) is 44.9 Å². The van der Waals surface area contributed by atoms with Gasteiger partial charge in [-0.15, -0.1) is 12.4 Å². The van der Waals surface area contributed by atoms with Gasteiger partial charge < -0.3 is 10.6 Å². The molecule has 0 aromatic rings. The number of hydrogen-bond donors (Lipinski definition) is 2. The van der Waals surface area contributed by atoms with Crippen LogP contribution >= 0.6 is 12.4 Å². The van der Waals surface area contributed by atoms with E-state index in [1.807, 2.05) is 7.05 Å². The van der Waals surface area contributed by atoms with E-state index >= 15 is 0 Å². The number of likely N-dealkylation sites (N-methyl/N-ethyl adjacent to an activating group) is 1. The average molecular weight is 304 g/mol. The maximum Gasteiger partial charge on any atom is 0.234 e. The molecule has 1 heterocycles. The molecule has 0 aromatic heterocycles. The minimum Gasteiger partial charge on any atom is -0.355 e. The van der Waals surface area contributed by atoms with E-state index in [-0.39, 0.29) is 18.3 Å². The maximum atomic E-state index is 12.0. The summed E-state index contributed by atoms with van der Waals surface area (Å²) < 4.78 is 0. The van der Waals surface area contributed by atoms with E-state index in [1.54, 1.807) is 0 Å². The highest BCUT2D eigenvalue weighted by atomic mass is 35.5. The lowest BCUT2D eigenvalue weighted by Gasteiger charge is -2.32. The van der Waals surface area contributed by atoms with Gasteiger partial charge in [0, 0.05) is 19.1 Å². The van der Waals surface area contributed by atoms with Crippen molar-refractivity contribution in [3.8, 4) is 0 Å². The predicted octanol–water partition coefficient (Wildman–Crippen LogP) is 1.79. The smallest absolute Gasteiger partial charge is 0.234 e. The lowest BCUT2D eigenvalue weighted by Crippen LogP contribution is -2.48. The molecule has 2 rings (SSSR count). The summed E-state index contributed by atoms with van der Waals surface area (Å²) in [5.41, 5.74) is 0. The Morgan fingerprint density at radius 3 is 2.60 bits per heavy atom. The molecule has 5 heteroatoms. The lowest BCUT2D eigenvalue weighted by molar-refractivity contribution is -0.122. The topological polar surface area (TPSA) is 44.4 Å². The Labute approximate surface area is 129 Å². The van der Waals surface area contributed by atoms with Crippen molar-refractivity contribution in [3.63, 3.8) is 0 Å². The number of amides is 1. The van der Waals surface area contributed by atoms with Gasteiger partial charge in [-0.3, -0.25) is 9.69 Å². The number of hydrogen-bond acceptors (Lipinski definition) is 3. The number of carbonyl (C=O) groups is 1. The molecule has 1 unspecified atom stereocenters. The minimum atomic E-state index is 0. The van der Waals surface area contributed by atoms with Crippen LogP contribution in [0.3, 0.4) is 0 Å². The van der Waals surface area contributed by atoms with Gasteiger partial charge in [-0.25, -0.2) is 0 Å². The molecule has 2 N–H and O–H groups in total. The van der Waals surface area contributed by atoms with E-state index in [9.17, 15) is 4.79 Å². The molecule has 0 radical (unpaired) electrons. The third kappa shape index (κ3) is 5.98. The summed E-state index contributed by atoms with van der Waals surface area (Å²) in [5.74, 6) is 0.937. The van der Waals surface area contributed by atoms with Gasteiger partial charge in [0.05, 0.1) is 6.54 Å².